The zero-order valence-electron chi connectivity index (χ0n) is 15.4. The van der Waals surface area contributed by atoms with Crippen molar-refractivity contribution >= 4 is 16.0 Å². The lowest BCUT2D eigenvalue weighted by molar-refractivity contribution is 0.445. The molecule has 0 amide bonds. The van der Waals surface area contributed by atoms with E-state index in [0.717, 1.165) is 12.1 Å². The molecule has 0 atom stereocenters. The number of sulfonamides is 1. The fourth-order valence-corrected chi connectivity index (χ4v) is 3.75. The Labute approximate surface area is 145 Å². The van der Waals surface area contributed by atoms with Crippen LogP contribution in [0.1, 0.15) is 26.3 Å². The van der Waals surface area contributed by atoms with Crippen molar-refractivity contribution in [3.63, 3.8) is 0 Å². The Morgan fingerprint density at radius 1 is 1.33 bits per heavy atom. The summed E-state index contributed by atoms with van der Waals surface area (Å²) in [5.74, 6) is 0.709. The number of aromatic nitrogens is 2. The van der Waals surface area contributed by atoms with Crippen molar-refractivity contribution in [3.05, 3.63) is 18.0 Å². The van der Waals surface area contributed by atoms with Crippen LogP contribution in [0.25, 0.3) is 0 Å². The minimum atomic E-state index is -3.25. The van der Waals surface area contributed by atoms with Crippen LogP contribution in [-0.4, -0.2) is 72.3 Å². The first kappa shape index (κ1) is 20.4. The topological polar surface area (TPSA) is 82.8 Å². The molecule has 24 heavy (non-hydrogen) atoms. The largest absolute Gasteiger partial charge is 0.357 e. The van der Waals surface area contributed by atoms with Crippen LogP contribution >= 0.6 is 0 Å². The van der Waals surface area contributed by atoms with Crippen LogP contribution < -0.4 is 5.32 Å². The van der Waals surface area contributed by atoms with E-state index in [1.807, 2.05) is 52.2 Å². The van der Waals surface area contributed by atoms with Crippen molar-refractivity contribution in [3.8, 4) is 0 Å². The molecule has 0 saturated heterocycles. The maximum atomic E-state index is 12.2. The van der Waals surface area contributed by atoms with Crippen LogP contribution in [0.3, 0.4) is 0 Å². The molecular formula is C15H30N6O2S. The minimum Gasteiger partial charge on any atom is -0.357 e. The number of guanidine groups is 1. The molecular weight excluding hydrogens is 328 g/mol. The summed E-state index contributed by atoms with van der Waals surface area (Å²) >= 11 is 0. The van der Waals surface area contributed by atoms with E-state index in [9.17, 15) is 8.42 Å². The molecule has 0 aromatic carbocycles. The van der Waals surface area contributed by atoms with Gasteiger partial charge in [0.15, 0.2) is 5.96 Å². The van der Waals surface area contributed by atoms with E-state index in [-0.39, 0.29) is 12.3 Å². The third-order valence-electron chi connectivity index (χ3n) is 3.58. The molecule has 0 radical (unpaired) electrons. The van der Waals surface area contributed by atoms with Crippen LogP contribution in [0.4, 0.5) is 0 Å². The van der Waals surface area contributed by atoms with E-state index in [0.29, 0.717) is 25.6 Å². The number of aliphatic imine (C=N–C) groups is 1. The van der Waals surface area contributed by atoms with Gasteiger partial charge in [0, 0.05) is 52.0 Å². The van der Waals surface area contributed by atoms with Gasteiger partial charge in [-0.3, -0.25) is 9.67 Å². The Bertz CT molecular complexity index is 622. The summed E-state index contributed by atoms with van der Waals surface area (Å²) in [4.78, 5) is 6.41. The molecule has 0 spiro atoms. The molecule has 9 heteroatoms. The Hall–Kier alpha value is -1.61. The molecule has 1 N–H and O–H groups in total. The van der Waals surface area contributed by atoms with E-state index in [4.69, 9.17) is 0 Å². The Morgan fingerprint density at radius 2 is 2.00 bits per heavy atom. The van der Waals surface area contributed by atoms with E-state index < -0.39 is 10.0 Å². The van der Waals surface area contributed by atoms with Gasteiger partial charge in [0.25, 0.3) is 0 Å². The lowest BCUT2D eigenvalue weighted by Gasteiger charge is -2.22. The number of hydrogen-bond donors (Lipinski definition) is 1. The van der Waals surface area contributed by atoms with Gasteiger partial charge in [-0.1, -0.05) is 13.8 Å². The lowest BCUT2D eigenvalue weighted by atomic mass is 10.3. The van der Waals surface area contributed by atoms with Gasteiger partial charge >= 0.3 is 0 Å². The molecule has 138 valence electrons. The third-order valence-corrected chi connectivity index (χ3v) is 5.59. The highest BCUT2D eigenvalue weighted by Crippen LogP contribution is 2.03. The molecule has 0 unspecified atom stereocenters. The smallest absolute Gasteiger partial charge is 0.215 e. The van der Waals surface area contributed by atoms with Gasteiger partial charge in [0.2, 0.25) is 10.0 Å². The molecule has 0 bridgehead atoms. The maximum Gasteiger partial charge on any atom is 0.215 e. The van der Waals surface area contributed by atoms with Gasteiger partial charge in [-0.25, -0.2) is 12.7 Å². The van der Waals surface area contributed by atoms with Crippen LogP contribution in [0.2, 0.25) is 0 Å². The normalized spacial score (nSPS) is 12.7. The van der Waals surface area contributed by atoms with Gasteiger partial charge in [-0.05, 0) is 6.92 Å². The van der Waals surface area contributed by atoms with Gasteiger partial charge in [0.1, 0.15) is 0 Å². The summed E-state index contributed by atoms with van der Waals surface area (Å²) in [6.07, 6.45) is 3.76. The second-order valence-corrected chi connectivity index (χ2v) is 7.60. The monoisotopic (exact) mass is 358 g/mol. The summed E-state index contributed by atoms with van der Waals surface area (Å²) in [5, 5.41) is 7.35. The van der Waals surface area contributed by atoms with Crippen LogP contribution in [0.5, 0.6) is 0 Å². The zero-order valence-corrected chi connectivity index (χ0v) is 16.2. The SMILES string of the molecule is CCNC(=NCCS(=O)(=O)N(CC)CC)N(C)Cc1cnn(C)c1. The third kappa shape index (κ3) is 6.12. The van der Waals surface area contributed by atoms with Gasteiger partial charge in [-0.15, -0.1) is 0 Å². The van der Waals surface area contributed by atoms with E-state index in [1.54, 1.807) is 4.68 Å². The summed E-state index contributed by atoms with van der Waals surface area (Å²) < 4.78 is 27.6. The first-order valence-electron chi connectivity index (χ1n) is 8.28. The van der Waals surface area contributed by atoms with Crippen LogP contribution in [0.15, 0.2) is 17.4 Å². The van der Waals surface area contributed by atoms with E-state index in [1.165, 1.54) is 4.31 Å². The molecule has 0 aliphatic carbocycles. The van der Waals surface area contributed by atoms with E-state index in [2.05, 4.69) is 15.4 Å². The van der Waals surface area contributed by atoms with Gasteiger partial charge in [0.05, 0.1) is 18.5 Å². The molecule has 8 nitrogen and oxygen atoms in total. The second kappa shape index (κ2) is 9.63. The molecule has 1 aromatic rings. The first-order chi connectivity index (χ1) is 11.3. The summed E-state index contributed by atoms with van der Waals surface area (Å²) in [6.45, 7) is 8.26. The van der Waals surface area contributed by atoms with Crippen molar-refractivity contribution in [2.24, 2.45) is 12.0 Å². The Kier molecular flexibility index (Phi) is 8.20. The molecule has 0 aliphatic heterocycles. The van der Waals surface area contributed by atoms with Crippen LogP contribution in [-0.2, 0) is 23.6 Å². The number of aryl methyl sites for hydroxylation is 1. The molecule has 0 fully saturated rings. The average Bonchev–Trinajstić information content (AvgIpc) is 2.92. The predicted molar refractivity (Wildman–Crippen MR) is 97.4 cm³/mol. The van der Waals surface area contributed by atoms with Crippen LogP contribution in [0, 0.1) is 0 Å². The maximum absolute atomic E-state index is 12.2. The quantitative estimate of drug-likeness (QED) is 0.513. The van der Waals surface area contributed by atoms with E-state index >= 15 is 0 Å². The highest BCUT2D eigenvalue weighted by Gasteiger charge is 2.18. The summed E-state index contributed by atoms with van der Waals surface area (Å²) in [7, 11) is 0.552. The highest BCUT2D eigenvalue weighted by atomic mass is 32.2. The number of hydrogen-bond acceptors (Lipinski definition) is 4. The average molecular weight is 359 g/mol. The predicted octanol–water partition coefficient (Wildman–Crippen LogP) is 0.489. The molecule has 1 aromatic heterocycles. The Morgan fingerprint density at radius 3 is 2.50 bits per heavy atom. The summed E-state index contributed by atoms with van der Waals surface area (Å²) in [5.41, 5.74) is 1.07. The summed E-state index contributed by atoms with van der Waals surface area (Å²) in [6, 6.07) is 0. The highest BCUT2D eigenvalue weighted by molar-refractivity contribution is 7.89. The molecule has 1 rings (SSSR count). The zero-order chi connectivity index (χ0) is 18.2. The minimum absolute atomic E-state index is 0.0182. The second-order valence-electron chi connectivity index (χ2n) is 5.51. The fourth-order valence-electron chi connectivity index (χ4n) is 2.38. The number of nitrogens with zero attached hydrogens (tertiary/aromatic N) is 5. The number of rotatable bonds is 9. The lowest BCUT2D eigenvalue weighted by Crippen LogP contribution is -2.39. The van der Waals surface area contributed by atoms with Crippen molar-refractivity contribution in [1.82, 2.24) is 24.3 Å². The van der Waals surface area contributed by atoms with Crippen molar-refractivity contribution in [2.75, 3.05) is 39.0 Å². The molecule has 0 saturated carbocycles. The van der Waals surface area contributed by atoms with Gasteiger partial charge in [-0.2, -0.15) is 5.10 Å². The fraction of sp³-hybridized carbons (Fsp3) is 0.733. The molecule has 0 aliphatic rings. The molecule has 1 heterocycles. The Balaban J connectivity index is 2.71. The first-order valence-corrected chi connectivity index (χ1v) is 9.89. The van der Waals surface area contributed by atoms with Crippen molar-refractivity contribution in [1.29, 1.82) is 0 Å². The van der Waals surface area contributed by atoms with Crippen molar-refractivity contribution in [2.45, 2.75) is 27.3 Å². The standard InChI is InChI=1S/C15H30N6O2S/c1-6-16-15(19(4)12-14-11-18-20(5)13-14)17-9-10-24(22,23)21(7-2)8-3/h11,13H,6-10,12H2,1-5H3,(H,16,17). The number of nitrogens with one attached hydrogen (secondary N) is 1. The van der Waals surface area contributed by atoms with Crippen molar-refractivity contribution < 1.29 is 8.42 Å². The van der Waals surface area contributed by atoms with Gasteiger partial charge < -0.3 is 10.2 Å².